The first kappa shape index (κ1) is 25.5. The number of nitrogens with one attached hydrogen (secondary N) is 1. The molecular formula is C25H20Cl3FN4OS. The third kappa shape index (κ3) is 5.98. The molecule has 0 fully saturated rings. The van der Waals surface area contributed by atoms with Crippen LogP contribution in [-0.2, 0) is 5.75 Å². The van der Waals surface area contributed by atoms with E-state index in [-0.39, 0.29) is 11.7 Å². The second-order valence-electron chi connectivity index (χ2n) is 7.85. The summed E-state index contributed by atoms with van der Waals surface area (Å²) in [5.41, 5.74) is 3.08. The van der Waals surface area contributed by atoms with Crippen LogP contribution in [-0.4, -0.2) is 20.7 Å². The average Bonchev–Trinajstić information content (AvgIpc) is 3.26. The first-order valence-corrected chi connectivity index (χ1v) is 12.7. The molecule has 0 saturated heterocycles. The van der Waals surface area contributed by atoms with E-state index in [9.17, 15) is 9.18 Å². The zero-order valence-corrected chi connectivity index (χ0v) is 21.8. The molecule has 1 atom stereocenters. The van der Waals surface area contributed by atoms with Crippen molar-refractivity contribution in [3.8, 4) is 5.69 Å². The summed E-state index contributed by atoms with van der Waals surface area (Å²) >= 11 is 19.8. The molecule has 0 aliphatic heterocycles. The molecule has 1 aromatic heterocycles. The van der Waals surface area contributed by atoms with Crippen LogP contribution >= 0.6 is 46.6 Å². The SMILES string of the molecule is Cc1ccc(Cl)cc1-n1c(SCc2ccc(F)cc2)nnc1C(C)NC(=O)c1ccc(Cl)c(Cl)c1. The quantitative estimate of drug-likeness (QED) is 0.243. The Morgan fingerprint density at radius 2 is 1.77 bits per heavy atom. The Bertz CT molecular complexity index is 1380. The van der Waals surface area contributed by atoms with Crippen LogP contribution in [0.1, 0.15) is 40.3 Å². The number of amides is 1. The van der Waals surface area contributed by atoms with Gasteiger partial charge in [-0.3, -0.25) is 9.36 Å². The standard InChI is InChI=1S/C25H20Cl3FN4OS/c1-14-3-7-18(26)12-22(14)33-23(15(2)30-24(34)17-6-10-20(27)21(28)11-17)31-32-25(33)35-13-16-4-8-19(29)9-5-16/h3-12,15H,13H2,1-2H3,(H,30,34). The largest absolute Gasteiger partial charge is 0.342 e. The van der Waals surface area contributed by atoms with Gasteiger partial charge in [-0.25, -0.2) is 4.39 Å². The second kappa shape index (κ2) is 11.0. The third-order valence-corrected chi connectivity index (χ3v) is 7.24. The van der Waals surface area contributed by atoms with Gasteiger partial charge in [-0.05, 0) is 67.4 Å². The summed E-state index contributed by atoms with van der Waals surface area (Å²) in [6.45, 7) is 3.78. The van der Waals surface area contributed by atoms with Crippen LogP contribution < -0.4 is 5.32 Å². The van der Waals surface area contributed by atoms with Crippen LogP contribution in [0.4, 0.5) is 4.39 Å². The van der Waals surface area contributed by atoms with Crippen LogP contribution in [0.5, 0.6) is 0 Å². The van der Waals surface area contributed by atoms with E-state index >= 15 is 0 Å². The number of thioether (sulfide) groups is 1. The predicted molar refractivity (Wildman–Crippen MR) is 139 cm³/mol. The molecule has 1 heterocycles. The molecule has 0 bridgehead atoms. The highest BCUT2D eigenvalue weighted by molar-refractivity contribution is 7.98. The fourth-order valence-electron chi connectivity index (χ4n) is 3.42. The highest BCUT2D eigenvalue weighted by Crippen LogP contribution is 2.31. The summed E-state index contributed by atoms with van der Waals surface area (Å²) < 4.78 is 15.2. The van der Waals surface area contributed by atoms with E-state index in [0.29, 0.717) is 37.4 Å². The zero-order chi connectivity index (χ0) is 25.1. The van der Waals surface area contributed by atoms with Gasteiger partial charge in [0.15, 0.2) is 11.0 Å². The number of aryl methyl sites for hydroxylation is 1. The number of hydrogen-bond donors (Lipinski definition) is 1. The van der Waals surface area contributed by atoms with Crippen molar-refractivity contribution in [1.82, 2.24) is 20.1 Å². The summed E-state index contributed by atoms with van der Waals surface area (Å²) in [5.74, 6) is 0.479. The lowest BCUT2D eigenvalue weighted by Gasteiger charge is -2.18. The van der Waals surface area contributed by atoms with Gasteiger partial charge in [0.05, 0.1) is 21.8 Å². The Labute approximate surface area is 221 Å². The van der Waals surface area contributed by atoms with E-state index in [1.54, 1.807) is 24.3 Å². The van der Waals surface area contributed by atoms with Crippen molar-refractivity contribution in [2.75, 3.05) is 0 Å². The minimum absolute atomic E-state index is 0.287. The van der Waals surface area contributed by atoms with E-state index in [1.165, 1.54) is 30.0 Å². The van der Waals surface area contributed by atoms with Crippen LogP contribution in [0.25, 0.3) is 5.69 Å². The van der Waals surface area contributed by atoms with Gasteiger partial charge in [-0.1, -0.05) is 64.8 Å². The molecule has 0 aliphatic rings. The van der Waals surface area contributed by atoms with Gasteiger partial charge >= 0.3 is 0 Å². The van der Waals surface area contributed by atoms with Crippen molar-refractivity contribution in [2.45, 2.75) is 30.8 Å². The number of rotatable bonds is 7. The van der Waals surface area contributed by atoms with Crippen molar-refractivity contribution < 1.29 is 9.18 Å². The fraction of sp³-hybridized carbons (Fsp3) is 0.160. The van der Waals surface area contributed by atoms with Gasteiger partial charge in [0.25, 0.3) is 5.91 Å². The van der Waals surface area contributed by atoms with Gasteiger partial charge < -0.3 is 5.32 Å². The number of nitrogens with zero attached hydrogens (tertiary/aromatic N) is 3. The van der Waals surface area contributed by atoms with Crippen molar-refractivity contribution in [2.24, 2.45) is 0 Å². The van der Waals surface area contributed by atoms with E-state index < -0.39 is 6.04 Å². The second-order valence-corrected chi connectivity index (χ2v) is 10.0. The first-order valence-electron chi connectivity index (χ1n) is 10.6. The molecule has 0 aliphatic carbocycles. The van der Waals surface area contributed by atoms with E-state index in [4.69, 9.17) is 34.8 Å². The minimum Gasteiger partial charge on any atom is -0.342 e. The normalized spacial score (nSPS) is 11.9. The van der Waals surface area contributed by atoms with Gasteiger partial charge in [0, 0.05) is 16.3 Å². The number of benzene rings is 3. The maximum absolute atomic E-state index is 13.3. The molecule has 0 saturated carbocycles. The van der Waals surface area contributed by atoms with Crippen molar-refractivity contribution in [3.05, 3.63) is 104 Å². The Morgan fingerprint density at radius 3 is 2.49 bits per heavy atom. The molecular weight excluding hydrogens is 530 g/mol. The number of aromatic nitrogens is 3. The van der Waals surface area contributed by atoms with Crippen LogP contribution in [0.3, 0.4) is 0 Å². The highest BCUT2D eigenvalue weighted by atomic mass is 35.5. The summed E-state index contributed by atoms with van der Waals surface area (Å²) in [6.07, 6.45) is 0. The molecule has 0 spiro atoms. The molecule has 4 rings (SSSR count). The maximum atomic E-state index is 13.3. The Balaban J connectivity index is 1.66. The van der Waals surface area contributed by atoms with Gasteiger partial charge in [0.1, 0.15) is 5.82 Å². The summed E-state index contributed by atoms with van der Waals surface area (Å²) in [7, 11) is 0. The summed E-state index contributed by atoms with van der Waals surface area (Å²) in [4.78, 5) is 12.9. The molecule has 1 unspecified atom stereocenters. The highest BCUT2D eigenvalue weighted by Gasteiger charge is 2.23. The van der Waals surface area contributed by atoms with Crippen LogP contribution in [0.15, 0.2) is 65.8 Å². The van der Waals surface area contributed by atoms with Crippen molar-refractivity contribution >= 4 is 52.5 Å². The van der Waals surface area contributed by atoms with Crippen molar-refractivity contribution in [1.29, 1.82) is 0 Å². The topological polar surface area (TPSA) is 59.8 Å². The lowest BCUT2D eigenvalue weighted by atomic mass is 10.1. The number of halogens is 4. The predicted octanol–water partition coefficient (Wildman–Crippen LogP) is 7.46. The Kier molecular flexibility index (Phi) is 8.02. The molecule has 4 aromatic rings. The minimum atomic E-state index is -0.497. The maximum Gasteiger partial charge on any atom is 0.251 e. The van der Waals surface area contributed by atoms with Crippen molar-refractivity contribution in [3.63, 3.8) is 0 Å². The molecule has 35 heavy (non-hydrogen) atoms. The number of hydrogen-bond acceptors (Lipinski definition) is 4. The molecule has 3 aromatic carbocycles. The van der Waals surface area contributed by atoms with Gasteiger partial charge in [-0.2, -0.15) is 0 Å². The number of carbonyl (C=O) groups is 1. The van der Waals surface area contributed by atoms with Gasteiger partial charge in [0.2, 0.25) is 0 Å². The fourth-order valence-corrected chi connectivity index (χ4v) is 4.79. The van der Waals surface area contributed by atoms with Gasteiger partial charge in [-0.15, -0.1) is 10.2 Å². The molecule has 10 heteroatoms. The summed E-state index contributed by atoms with van der Waals surface area (Å²) in [6, 6.07) is 16.1. The molecule has 1 N–H and O–H groups in total. The zero-order valence-electron chi connectivity index (χ0n) is 18.7. The van der Waals surface area contributed by atoms with E-state index in [2.05, 4.69) is 15.5 Å². The molecule has 5 nitrogen and oxygen atoms in total. The van der Waals surface area contributed by atoms with E-state index in [1.807, 2.05) is 36.6 Å². The van der Waals surface area contributed by atoms with Crippen LogP contribution in [0.2, 0.25) is 15.1 Å². The number of carbonyl (C=O) groups excluding carboxylic acids is 1. The lowest BCUT2D eigenvalue weighted by Crippen LogP contribution is -2.28. The summed E-state index contributed by atoms with van der Waals surface area (Å²) in [5, 5.41) is 13.6. The smallest absolute Gasteiger partial charge is 0.251 e. The average molecular weight is 550 g/mol. The molecule has 0 radical (unpaired) electrons. The van der Waals surface area contributed by atoms with E-state index in [0.717, 1.165) is 16.8 Å². The first-order chi connectivity index (χ1) is 16.7. The Morgan fingerprint density at radius 1 is 1.03 bits per heavy atom. The molecule has 180 valence electrons. The third-order valence-electron chi connectivity index (χ3n) is 5.27. The Hall–Kier alpha value is -2.58. The van der Waals surface area contributed by atoms with Crippen LogP contribution in [0, 0.1) is 12.7 Å². The lowest BCUT2D eigenvalue weighted by molar-refractivity contribution is 0.0938. The monoisotopic (exact) mass is 548 g/mol. The molecule has 1 amide bonds.